The number of ether oxygens (including phenoxy) is 1. The van der Waals surface area contributed by atoms with Crippen LogP contribution in [0.5, 0.6) is 0 Å². The number of methoxy groups -OCH3 is 1. The minimum Gasteiger partial charge on any atom is -0.377 e. The van der Waals surface area contributed by atoms with Gasteiger partial charge in [-0.1, -0.05) is 13.8 Å². The third kappa shape index (κ3) is 4.35. The molecule has 1 fully saturated rings. The fraction of sp³-hybridized carbons (Fsp3) is 0.625. The molecule has 0 unspecified atom stereocenters. The van der Waals surface area contributed by atoms with Crippen molar-refractivity contribution >= 4 is 22.5 Å². The normalized spacial score (nSPS) is 15.2. The molecule has 3 rings (SSSR count). The zero-order valence-corrected chi connectivity index (χ0v) is 15.7. The van der Waals surface area contributed by atoms with Crippen LogP contribution in [-0.4, -0.2) is 52.4 Å². The Balaban J connectivity index is 1.64. The predicted octanol–water partition coefficient (Wildman–Crippen LogP) is 1.22. The number of hydrogen-bond donors (Lipinski definition) is 0. The molecule has 0 saturated carbocycles. The van der Waals surface area contributed by atoms with Crippen LogP contribution in [0.2, 0.25) is 0 Å². The van der Waals surface area contributed by atoms with Crippen molar-refractivity contribution in [2.75, 3.05) is 43.1 Å². The third-order valence-corrected chi connectivity index (χ3v) is 4.81. The van der Waals surface area contributed by atoms with Crippen molar-refractivity contribution < 1.29 is 4.74 Å². The number of piperazine rings is 1. The van der Waals surface area contributed by atoms with Gasteiger partial charge in [-0.3, -0.25) is 4.79 Å². The molecule has 0 aliphatic carbocycles. The third-order valence-electron chi connectivity index (χ3n) is 4.00. The van der Waals surface area contributed by atoms with E-state index >= 15 is 0 Å². The van der Waals surface area contributed by atoms with E-state index in [4.69, 9.17) is 4.74 Å². The van der Waals surface area contributed by atoms with Crippen molar-refractivity contribution in [2.24, 2.45) is 5.92 Å². The van der Waals surface area contributed by atoms with Crippen LogP contribution in [0.25, 0.3) is 0 Å². The lowest BCUT2D eigenvalue weighted by Gasteiger charge is -2.35. The van der Waals surface area contributed by atoms with Gasteiger partial charge in [0.05, 0.1) is 0 Å². The van der Waals surface area contributed by atoms with Gasteiger partial charge in [-0.25, -0.2) is 9.67 Å². The second-order valence-corrected chi connectivity index (χ2v) is 7.24. The van der Waals surface area contributed by atoms with Crippen molar-refractivity contribution in [2.45, 2.75) is 27.0 Å². The molecule has 9 heteroatoms. The summed E-state index contributed by atoms with van der Waals surface area (Å²) in [5, 5.41) is 5.47. The zero-order chi connectivity index (χ0) is 17.8. The zero-order valence-electron chi connectivity index (χ0n) is 14.9. The molecule has 0 aromatic carbocycles. The van der Waals surface area contributed by atoms with Crippen LogP contribution in [0.3, 0.4) is 0 Å². The van der Waals surface area contributed by atoms with E-state index < -0.39 is 0 Å². The minimum atomic E-state index is -0.0457. The molecule has 2 aromatic heterocycles. The summed E-state index contributed by atoms with van der Waals surface area (Å²) in [5.74, 6) is 1.97. The SMILES string of the molecule is COCc1nsc(N2CCN(c3ccc(=O)n(CC(C)C)n3)CC2)n1. The molecule has 0 amide bonds. The maximum atomic E-state index is 11.9. The Kier molecular flexibility index (Phi) is 5.64. The van der Waals surface area contributed by atoms with Crippen LogP contribution < -0.4 is 15.4 Å². The van der Waals surface area contributed by atoms with Crippen LogP contribution in [-0.2, 0) is 17.9 Å². The van der Waals surface area contributed by atoms with E-state index in [0.717, 1.165) is 43.0 Å². The maximum Gasteiger partial charge on any atom is 0.266 e. The van der Waals surface area contributed by atoms with Gasteiger partial charge in [-0.15, -0.1) is 0 Å². The summed E-state index contributed by atoms with van der Waals surface area (Å²) >= 11 is 1.41. The monoisotopic (exact) mass is 364 g/mol. The quantitative estimate of drug-likeness (QED) is 0.763. The number of nitrogens with zero attached hydrogens (tertiary/aromatic N) is 6. The lowest BCUT2D eigenvalue weighted by atomic mass is 10.2. The molecular formula is C16H24N6O2S. The molecule has 0 atom stereocenters. The second-order valence-electron chi connectivity index (χ2n) is 6.51. The largest absolute Gasteiger partial charge is 0.377 e. The fourth-order valence-corrected chi connectivity index (χ4v) is 3.50. The highest BCUT2D eigenvalue weighted by Crippen LogP contribution is 2.21. The Labute approximate surface area is 151 Å². The molecule has 3 heterocycles. The summed E-state index contributed by atoms with van der Waals surface area (Å²) in [6, 6.07) is 3.43. The van der Waals surface area contributed by atoms with E-state index in [2.05, 4.69) is 38.1 Å². The Hall–Kier alpha value is -2.00. The molecule has 0 spiro atoms. The van der Waals surface area contributed by atoms with Crippen molar-refractivity contribution in [3.63, 3.8) is 0 Å². The average Bonchev–Trinajstić information content (AvgIpc) is 3.06. The van der Waals surface area contributed by atoms with Gasteiger partial charge in [0.2, 0.25) is 5.13 Å². The van der Waals surface area contributed by atoms with Crippen molar-refractivity contribution in [1.29, 1.82) is 0 Å². The van der Waals surface area contributed by atoms with E-state index in [1.54, 1.807) is 17.9 Å². The van der Waals surface area contributed by atoms with Gasteiger partial charge in [0.1, 0.15) is 12.4 Å². The van der Waals surface area contributed by atoms with E-state index in [1.165, 1.54) is 11.5 Å². The molecule has 0 radical (unpaired) electrons. The van der Waals surface area contributed by atoms with Crippen LogP contribution in [0.15, 0.2) is 16.9 Å². The molecule has 1 aliphatic heterocycles. The number of aromatic nitrogens is 4. The predicted molar refractivity (Wildman–Crippen MR) is 98.4 cm³/mol. The van der Waals surface area contributed by atoms with Gasteiger partial charge >= 0.3 is 0 Å². The fourth-order valence-electron chi connectivity index (χ4n) is 2.77. The first-order chi connectivity index (χ1) is 12.1. The van der Waals surface area contributed by atoms with E-state index in [1.807, 2.05) is 6.07 Å². The minimum absolute atomic E-state index is 0.0457. The van der Waals surface area contributed by atoms with Gasteiger partial charge in [0.25, 0.3) is 5.56 Å². The number of anilines is 2. The summed E-state index contributed by atoms with van der Waals surface area (Å²) < 4.78 is 10.9. The van der Waals surface area contributed by atoms with Crippen LogP contribution >= 0.6 is 11.5 Å². The standard InChI is InChI=1S/C16H24N6O2S/c1-12(2)10-22-15(23)5-4-14(18-22)20-6-8-21(9-7-20)16-17-13(11-24-3)19-25-16/h4-5,12H,6-11H2,1-3H3. The first kappa shape index (κ1) is 17.8. The summed E-state index contributed by atoms with van der Waals surface area (Å²) in [6.45, 7) is 8.63. The highest BCUT2D eigenvalue weighted by molar-refractivity contribution is 7.09. The van der Waals surface area contributed by atoms with Crippen molar-refractivity contribution in [3.05, 3.63) is 28.3 Å². The topological polar surface area (TPSA) is 76.4 Å². The van der Waals surface area contributed by atoms with Gasteiger partial charge in [-0.05, 0) is 12.0 Å². The summed E-state index contributed by atoms with van der Waals surface area (Å²) in [6.07, 6.45) is 0. The summed E-state index contributed by atoms with van der Waals surface area (Å²) in [4.78, 5) is 20.9. The summed E-state index contributed by atoms with van der Waals surface area (Å²) in [5.41, 5.74) is -0.0457. The van der Waals surface area contributed by atoms with E-state index in [9.17, 15) is 4.79 Å². The molecule has 0 bridgehead atoms. The van der Waals surface area contributed by atoms with Crippen LogP contribution in [0.4, 0.5) is 10.9 Å². The van der Waals surface area contributed by atoms with Gasteiger partial charge in [0.15, 0.2) is 5.82 Å². The lowest BCUT2D eigenvalue weighted by Crippen LogP contribution is -2.47. The smallest absolute Gasteiger partial charge is 0.266 e. The van der Waals surface area contributed by atoms with Gasteiger partial charge < -0.3 is 14.5 Å². The molecule has 1 saturated heterocycles. The molecule has 2 aromatic rings. The molecule has 1 aliphatic rings. The molecule has 25 heavy (non-hydrogen) atoms. The summed E-state index contributed by atoms with van der Waals surface area (Å²) in [7, 11) is 1.64. The van der Waals surface area contributed by atoms with Crippen molar-refractivity contribution in [3.8, 4) is 0 Å². The van der Waals surface area contributed by atoms with Gasteiger partial charge in [0, 0.05) is 57.4 Å². The van der Waals surface area contributed by atoms with Crippen LogP contribution in [0, 0.1) is 5.92 Å². The van der Waals surface area contributed by atoms with Gasteiger partial charge in [-0.2, -0.15) is 9.47 Å². The average molecular weight is 364 g/mol. The first-order valence-corrected chi connectivity index (χ1v) is 9.23. The Bertz CT molecular complexity index is 751. The second kappa shape index (κ2) is 7.92. The van der Waals surface area contributed by atoms with E-state index in [0.29, 0.717) is 19.1 Å². The number of hydrogen-bond acceptors (Lipinski definition) is 8. The molecule has 0 N–H and O–H groups in total. The number of rotatable bonds is 6. The first-order valence-electron chi connectivity index (χ1n) is 8.46. The van der Waals surface area contributed by atoms with Crippen LogP contribution in [0.1, 0.15) is 19.7 Å². The Morgan fingerprint density at radius 2 is 1.92 bits per heavy atom. The molecule has 8 nitrogen and oxygen atoms in total. The highest BCUT2D eigenvalue weighted by atomic mass is 32.1. The Morgan fingerprint density at radius 3 is 2.60 bits per heavy atom. The Morgan fingerprint density at radius 1 is 1.20 bits per heavy atom. The lowest BCUT2D eigenvalue weighted by molar-refractivity contribution is 0.179. The maximum absolute atomic E-state index is 11.9. The van der Waals surface area contributed by atoms with Crippen molar-refractivity contribution in [1.82, 2.24) is 19.1 Å². The molecule has 136 valence electrons. The highest BCUT2D eigenvalue weighted by Gasteiger charge is 2.21. The van der Waals surface area contributed by atoms with E-state index in [-0.39, 0.29) is 5.56 Å². The molecular weight excluding hydrogens is 340 g/mol.